The van der Waals surface area contributed by atoms with Gasteiger partial charge in [0.05, 0.1) is 5.69 Å². The summed E-state index contributed by atoms with van der Waals surface area (Å²) in [6.45, 7) is 7.66. The number of thioether (sulfide) groups is 1. The van der Waals surface area contributed by atoms with Crippen LogP contribution in [0.5, 0.6) is 0 Å². The Morgan fingerprint density at radius 2 is 2.09 bits per heavy atom. The fraction of sp³-hybridized carbons (Fsp3) is 0.412. The molecule has 2 atom stereocenters. The first-order chi connectivity index (χ1) is 10.8. The van der Waals surface area contributed by atoms with Gasteiger partial charge in [-0.05, 0) is 25.5 Å². The Balaban J connectivity index is 2.51. The molecule has 2 rings (SSSR count). The molecule has 2 aromatic rings. The Kier molecular flexibility index (Phi) is 5.87. The van der Waals surface area contributed by atoms with Gasteiger partial charge in [-0.3, -0.25) is 4.79 Å². The summed E-state index contributed by atoms with van der Waals surface area (Å²) in [5, 5.41) is 1.24. The van der Waals surface area contributed by atoms with E-state index >= 15 is 0 Å². The van der Waals surface area contributed by atoms with Crippen LogP contribution in [0.1, 0.15) is 49.9 Å². The highest BCUT2D eigenvalue weighted by molar-refractivity contribution is 7.99. The van der Waals surface area contributed by atoms with Gasteiger partial charge in [0.25, 0.3) is 5.56 Å². The summed E-state index contributed by atoms with van der Waals surface area (Å²) in [4.78, 5) is 19.5. The summed E-state index contributed by atoms with van der Waals surface area (Å²) in [6, 6.07) is 4.58. The van der Waals surface area contributed by atoms with Crippen LogP contribution in [0.15, 0.2) is 28.2 Å². The first kappa shape index (κ1) is 18.0. The highest BCUT2D eigenvalue weighted by Gasteiger charge is 2.22. The van der Waals surface area contributed by atoms with Crippen molar-refractivity contribution in [2.24, 2.45) is 0 Å². The Bertz CT molecular complexity index is 742. The van der Waals surface area contributed by atoms with Crippen LogP contribution in [0.4, 0.5) is 4.39 Å². The normalized spacial score (nSPS) is 13.8. The second kappa shape index (κ2) is 7.49. The molecule has 0 radical (unpaired) electrons. The Morgan fingerprint density at radius 3 is 2.70 bits per heavy atom. The van der Waals surface area contributed by atoms with E-state index in [1.165, 1.54) is 17.8 Å². The zero-order valence-corrected chi connectivity index (χ0v) is 15.2. The van der Waals surface area contributed by atoms with E-state index in [2.05, 4.69) is 23.8 Å². The number of nitrogens with one attached hydrogen (secondary N) is 1. The highest BCUT2D eigenvalue weighted by atomic mass is 35.5. The maximum absolute atomic E-state index is 14.2. The fourth-order valence-electron chi connectivity index (χ4n) is 2.34. The molecule has 1 heterocycles. The molecule has 23 heavy (non-hydrogen) atoms. The highest BCUT2D eigenvalue weighted by Crippen LogP contribution is 2.33. The molecule has 0 bridgehead atoms. The quantitative estimate of drug-likeness (QED) is 0.612. The van der Waals surface area contributed by atoms with Gasteiger partial charge < -0.3 is 4.98 Å². The number of rotatable bonds is 5. The van der Waals surface area contributed by atoms with Crippen LogP contribution in [0, 0.1) is 12.7 Å². The van der Waals surface area contributed by atoms with Gasteiger partial charge in [-0.1, -0.05) is 50.2 Å². The lowest BCUT2D eigenvalue weighted by atomic mass is 9.94. The number of nitrogens with zero attached hydrogens (tertiary/aromatic N) is 1. The molecule has 0 aliphatic rings. The molecule has 0 aliphatic heterocycles. The summed E-state index contributed by atoms with van der Waals surface area (Å²) in [5.74, 6) is -0.787. The first-order valence-corrected chi connectivity index (χ1v) is 8.82. The topological polar surface area (TPSA) is 45.8 Å². The number of benzene rings is 1. The third-order valence-corrected chi connectivity index (χ3v) is 5.38. The minimum absolute atomic E-state index is 0.194. The molecule has 0 spiro atoms. The lowest BCUT2D eigenvalue weighted by Gasteiger charge is -2.17. The second-order valence-electron chi connectivity index (χ2n) is 5.58. The van der Waals surface area contributed by atoms with Crippen molar-refractivity contribution < 1.29 is 4.39 Å². The molecular formula is C17H20ClFN2OS. The van der Waals surface area contributed by atoms with E-state index in [9.17, 15) is 9.18 Å². The van der Waals surface area contributed by atoms with Gasteiger partial charge in [0.2, 0.25) is 0 Å². The number of hydrogen-bond acceptors (Lipinski definition) is 3. The largest absolute Gasteiger partial charge is 0.301 e. The van der Waals surface area contributed by atoms with Gasteiger partial charge in [0.1, 0.15) is 5.82 Å². The van der Waals surface area contributed by atoms with Crippen LogP contribution in [-0.2, 0) is 0 Å². The van der Waals surface area contributed by atoms with Gasteiger partial charge in [-0.25, -0.2) is 9.37 Å². The van der Waals surface area contributed by atoms with Gasteiger partial charge in [-0.15, -0.1) is 0 Å². The van der Waals surface area contributed by atoms with E-state index < -0.39 is 5.92 Å². The Labute approximate surface area is 144 Å². The van der Waals surface area contributed by atoms with Crippen molar-refractivity contribution in [1.29, 1.82) is 0 Å². The lowest BCUT2D eigenvalue weighted by molar-refractivity contribution is 0.598. The second-order valence-corrected chi connectivity index (χ2v) is 7.41. The maximum Gasteiger partial charge on any atom is 0.254 e. The van der Waals surface area contributed by atoms with Crippen LogP contribution in [0.2, 0.25) is 5.02 Å². The van der Waals surface area contributed by atoms with Crippen molar-refractivity contribution in [2.45, 2.75) is 50.4 Å². The van der Waals surface area contributed by atoms with Crippen LogP contribution in [0.3, 0.4) is 0 Å². The molecule has 6 heteroatoms. The standard InChI is InChI=1S/C17H20ClFN2OS/c1-5-9(2)23-17-20-15(11(4)16(22)21-17)10(3)14-12(18)7-6-8-13(14)19/h6-10H,5H2,1-4H3,(H,20,21,22)/t9-,10-/m0/s1. The van der Waals surface area contributed by atoms with Gasteiger partial charge in [-0.2, -0.15) is 0 Å². The summed E-state index contributed by atoms with van der Waals surface area (Å²) < 4.78 is 14.2. The predicted molar refractivity (Wildman–Crippen MR) is 94.1 cm³/mol. The van der Waals surface area contributed by atoms with Crippen LogP contribution >= 0.6 is 23.4 Å². The minimum Gasteiger partial charge on any atom is -0.301 e. The third kappa shape index (κ3) is 3.96. The lowest BCUT2D eigenvalue weighted by Crippen LogP contribution is -2.19. The van der Waals surface area contributed by atoms with Crippen LogP contribution in [-0.4, -0.2) is 15.2 Å². The predicted octanol–water partition coefficient (Wildman–Crippen LogP) is 4.91. The molecule has 0 amide bonds. The molecular weight excluding hydrogens is 335 g/mol. The smallest absolute Gasteiger partial charge is 0.254 e. The van der Waals surface area contributed by atoms with Gasteiger partial charge >= 0.3 is 0 Å². The first-order valence-electron chi connectivity index (χ1n) is 7.56. The van der Waals surface area contributed by atoms with Crippen LogP contribution in [0.25, 0.3) is 0 Å². The average Bonchev–Trinajstić information content (AvgIpc) is 2.50. The van der Waals surface area contributed by atoms with Gasteiger partial charge in [0, 0.05) is 27.3 Å². The monoisotopic (exact) mass is 354 g/mol. The van der Waals surface area contributed by atoms with Gasteiger partial charge in [0.15, 0.2) is 5.16 Å². The average molecular weight is 355 g/mol. The third-order valence-electron chi connectivity index (χ3n) is 3.90. The van der Waals surface area contributed by atoms with Crippen molar-refractivity contribution in [1.82, 2.24) is 9.97 Å². The molecule has 3 nitrogen and oxygen atoms in total. The van der Waals surface area contributed by atoms with E-state index in [0.29, 0.717) is 32.2 Å². The molecule has 0 saturated carbocycles. The Morgan fingerprint density at radius 1 is 1.39 bits per heavy atom. The van der Waals surface area contributed by atoms with Crippen molar-refractivity contribution in [2.75, 3.05) is 0 Å². The molecule has 0 saturated heterocycles. The maximum atomic E-state index is 14.2. The van der Waals surface area contributed by atoms with E-state index in [4.69, 9.17) is 11.6 Å². The molecule has 1 aromatic carbocycles. The fourth-order valence-corrected chi connectivity index (χ4v) is 3.52. The van der Waals surface area contributed by atoms with E-state index in [1.807, 2.05) is 6.92 Å². The van der Waals surface area contributed by atoms with Crippen LogP contribution < -0.4 is 5.56 Å². The summed E-state index contributed by atoms with van der Waals surface area (Å²) in [6.07, 6.45) is 0.965. The van der Waals surface area contributed by atoms with Crippen molar-refractivity contribution >= 4 is 23.4 Å². The number of H-pyrrole nitrogens is 1. The number of halogens is 2. The number of aromatic nitrogens is 2. The molecule has 124 valence electrons. The Hall–Kier alpha value is -1.33. The summed E-state index contributed by atoms with van der Waals surface area (Å²) >= 11 is 7.66. The molecule has 0 fully saturated rings. The van der Waals surface area contributed by atoms with Crippen molar-refractivity contribution in [3.05, 3.63) is 56.2 Å². The van der Waals surface area contributed by atoms with Crippen molar-refractivity contribution in [3.63, 3.8) is 0 Å². The van der Waals surface area contributed by atoms with Crippen molar-refractivity contribution in [3.8, 4) is 0 Å². The zero-order valence-electron chi connectivity index (χ0n) is 13.6. The SMILES string of the molecule is CC[C@H](C)Sc1nc([C@@H](C)c2c(F)cccc2Cl)c(C)c(=O)[nH]1. The summed E-state index contributed by atoms with van der Waals surface area (Å²) in [5.41, 5.74) is 1.23. The van der Waals surface area contributed by atoms with E-state index in [1.54, 1.807) is 19.1 Å². The molecule has 0 aliphatic carbocycles. The van der Waals surface area contributed by atoms with E-state index in [0.717, 1.165) is 6.42 Å². The molecule has 0 unspecified atom stereocenters. The van der Waals surface area contributed by atoms with E-state index in [-0.39, 0.29) is 11.4 Å². The zero-order chi connectivity index (χ0) is 17.1. The number of aromatic amines is 1. The minimum atomic E-state index is -0.401. The number of hydrogen-bond donors (Lipinski definition) is 1. The summed E-state index contributed by atoms with van der Waals surface area (Å²) in [7, 11) is 0. The molecule has 1 aromatic heterocycles. The molecule has 1 N–H and O–H groups in total.